The average molecular weight is 297 g/mol. The normalized spacial score (nSPS) is 26.1. The Balaban J connectivity index is 2.04. The third-order valence-corrected chi connectivity index (χ3v) is 4.46. The van der Waals surface area contributed by atoms with Crippen molar-refractivity contribution in [1.29, 1.82) is 0 Å². The van der Waals surface area contributed by atoms with Crippen LogP contribution >= 0.6 is 15.9 Å². The van der Waals surface area contributed by atoms with Gasteiger partial charge in [-0.05, 0) is 50.2 Å². The van der Waals surface area contributed by atoms with E-state index in [9.17, 15) is 0 Å². The molecule has 2 rings (SSSR count). The molecule has 1 aromatic carbocycles. The zero-order valence-corrected chi connectivity index (χ0v) is 12.2. The van der Waals surface area contributed by atoms with Gasteiger partial charge in [-0.25, -0.2) is 0 Å². The van der Waals surface area contributed by atoms with Gasteiger partial charge in [0, 0.05) is 5.33 Å². The summed E-state index contributed by atoms with van der Waals surface area (Å²) in [6, 6.07) is 8.69. The highest BCUT2D eigenvalue weighted by Gasteiger charge is 2.25. The van der Waals surface area contributed by atoms with Crippen LogP contribution in [0.3, 0.4) is 0 Å². The molecule has 1 aliphatic heterocycles. The second-order valence-electron chi connectivity index (χ2n) is 5.09. The van der Waals surface area contributed by atoms with Crippen LogP contribution in [-0.2, 0) is 4.74 Å². The van der Waals surface area contributed by atoms with E-state index in [-0.39, 0.29) is 0 Å². The summed E-state index contributed by atoms with van der Waals surface area (Å²) in [5.74, 6) is 0.575. The van der Waals surface area contributed by atoms with Gasteiger partial charge in [0.15, 0.2) is 0 Å². The molecule has 0 spiro atoms. The zero-order chi connectivity index (χ0) is 12.3. The summed E-state index contributed by atoms with van der Waals surface area (Å²) in [4.78, 5) is 0. The molecule has 3 atom stereocenters. The van der Waals surface area contributed by atoms with Crippen LogP contribution in [-0.4, -0.2) is 17.5 Å². The monoisotopic (exact) mass is 296 g/mol. The summed E-state index contributed by atoms with van der Waals surface area (Å²) in [5.41, 5.74) is 2.86. The Morgan fingerprint density at radius 3 is 2.71 bits per heavy atom. The standard InChI is InChI=1S/C15H21BrO/c1-11-5-3-4-6-15(11)13(10-16)9-14-8-7-12(2)17-14/h3-6,12-14H,7-10H2,1-2H3. The Morgan fingerprint density at radius 2 is 2.12 bits per heavy atom. The number of ether oxygens (including phenoxy) is 1. The maximum absolute atomic E-state index is 5.93. The van der Waals surface area contributed by atoms with Gasteiger partial charge in [0.05, 0.1) is 12.2 Å². The smallest absolute Gasteiger partial charge is 0.0585 e. The number of hydrogen-bond acceptors (Lipinski definition) is 1. The van der Waals surface area contributed by atoms with Crippen molar-refractivity contribution in [2.24, 2.45) is 0 Å². The molecule has 0 aromatic heterocycles. The van der Waals surface area contributed by atoms with Crippen LogP contribution in [0.4, 0.5) is 0 Å². The van der Waals surface area contributed by atoms with Gasteiger partial charge in [0.25, 0.3) is 0 Å². The highest BCUT2D eigenvalue weighted by molar-refractivity contribution is 9.09. The first-order valence-electron chi connectivity index (χ1n) is 6.47. The number of aryl methyl sites for hydroxylation is 1. The summed E-state index contributed by atoms with van der Waals surface area (Å²) in [7, 11) is 0. The van der Waals surface area contributed by atoms with Crippen LogP contribution in [0.2, 0.25) is 0 Å². The molecule has 1 saturated heterocycles. The summed E-state index contributed by atoms with van der Waals surface area (Å²) in [6.07, 6.45) is 4.48. The average Bonchev–Trinajstić information content (AvgIpc) is 2.73. The van der Waals surface area contributed by atoms with E-state index in [0.29, 0.717) is 18.1 Å². The molecule has 0 aliphatic carbocycles. The Labute approximate surface area is 113 Å². The van der Waals surface area contributed by atoms with Crippen molar-refractivity contribution in [2.45, 2.75) is 51.2 Å². The van der Waals surface area contributed by atoms with Gasteiger partial charge in [-0.2, -0.15) is 0 Å². The molecule has 3 unspecified atom stereocenters. The van der Waals surface area contributed by atoms with Crippen LogP contribution in [0.1, 0.15) is 43.2 Å². The fourth-order valence-electron chi connectivity index (χ4n) is 2.69. The molecule has 17 heavy (non-hydrogen) atoms. The lowest BCUT2D eigenvalue weighted by Gasteiger charge is -2.20. The van der Waals surface area contributed by atoms with Crippen molar-refractivity contribution < 1.29 is 4.74 Å². The number of hydrogen-bond donors (Lipinski definition) is 0. The SMILES string of the molecule is Cc1ccccc1C(CBr)CC1CCC(C)O1. The van der Waals surface area contributed by atoms with Crippen LogP contribution in [0.15, 0.2) is 24.3 Å². The first-order chi connectivity index (χ1) is 8.20. The van der Waals surface area contributed by atoms with Crippen LogP contribution in [0, 0.1) is 6.92 Å². The van der Waals surface area contributed by atoms with Gasteiger partial charge in [0.1, 0.15) is 0 Å². The Kier molecular flexibility index (Phi) is 4.63. The number of halogens is 1. The van der Waals surface area contributed by atoms with Crippen molar-refractivity contribution in [1.82, 2.24) is 0 Å². The maximum atomic E-state index is 5.93. The zero-order valence-electron chi connectivity index (χ0n) is 10.7. The highest BCUT2D eigenvalue weighted by atomic mass is 79.9. The van der Waals surface area contributed by atoms with Gasteiger partial charge in [-0.3, -0.25) is 0 Å². The molecule has 94 valence electrons. The molecular formula is C15H21BrO. The largest absolute Gasteiger partial charge is 0.375 e. The van der Waals surface area contributed by atoms with E-state index >= 15 is 0 Å². The van der Waals surface area contributed by atoms with Crippen molar-refractivity contribution in [3.05, 3.63) is 35.4 Å². The molecule has 0 bridgehead atoms. The topological polar surface area (TPSA) is 9.23 Å². The van der Waals surface area contributed by atoms with E-state index in [2.05, 4.69) is 54.0 Å². The minimum Gasteiger partial charge on any atom is -0.375 e. The summed E-state index contributed by atoms with van der Waals surface area (Å²) >= 11 is 3.65. The summed E-state index contributed by atoms with van der Waals surface area (Å²) < 4.78 is 5.93. The number of benzene rings is 1. The second kappa shape index (κ2) is 6.01. The fraction of sp³-hybridized carbons (Fsp3) is 0.600. The fourth-order valence-corrected chi connectivity index (χ4v) is 3.31. The molecule has 0 saturated carbocycles. The molecule has 0 N–H and O–H groups in total. The van der Waals surface area contributed by atoms with Crippen molar-refractivity contribution >= 4 is 15.9 Å². The third kappa shape index (κ3) is 3.32. The first kappa shape index (κ1) is 13.1. The molecule has 1 heterocycles. The lowest BCUT2D eigenvalue weighted by molar-refractivity contribution is 0.0479. The molecule has 0 amide bonds. The lowest BCUT2D eigenvalue weighted by Crippen LogP contribution is -2.15. The van der Waals surface area contributed by atoms with Gasteiger partial charge in [-0.15, -0.1) is 0 Å². The first-order valence-corrected chi connectivity index (χ1v) is 7.59. The van der Waals surface area contributed by atoms with E-state index in [4.69, 9.17) is 4.74 Å². The molecule has 1 nitrogen and oxygen atoms in total. The van der Waals surface area contributed by atoms with E-state index < -0.39 is 0 Å². The van der Waals surface area contributed by atoms with Crippen molar-refractivity contribution in [3.8, 4) is 0 Å². The maximum Gasteiger partial charge on any atom is 0.0585 e. The van der Waals surface area contributed by atoms with E-state index in [1.54, 1.807) is 0 Å². The van der Waals surface area contributed by atoms with Gasteiger partial charge in [0.2, 0.25) is 0 Å². The number of rotatable bonds is 4. The molecule has 0 radical (unpaired) electrons. The molecule has 1 fully saturated rings. The summed E-state index contributed by atoms with van der Waals surface area (Å²) in [5, 5.41) is 1.02. The molecule has 2 heteroatoms. The molecule has 1 aliphatic rings. The predicted molar refractivity (Wildman–Crippen MR) is 75.9 cm³/mol. The minimum absolute atomic E-state index is 0.451. The Bertz CT molecular complexity index is 364. The van der Waals surface area contributed by atoms with Crippen molar-refractivity contribution in [3.63, 3.8) is 0 Å². The van der Waals surface area contributed by atoms with Crippen molar-refractivity contribution in [2.75, 3.05) is 5.33 Å². The van der Waals surface area contributed by atoms with E-state index in [1.165, 1.54) is 24.0 Å². The Hall–Kier alpha value is -0.340. The molecule has 1 aromatic rings. The minimum atomic E-state index is 0.451. The van der Waals surface area contributed by atoms with Gasteiger partial charge < -0.3 is 4.74 Å². The van der Waals surface area contributed by atoms with Crippen LogP contribution in [0.25, 0.3) is 0 Å². The van der Waals surface area contributed by atoms with Gasteiger partial charge >= 0.3 is 0 Å². The highest BCUT2D eigenvalue weighted by Crippen LogP contribution is 2.31. The van der Waals surface area contributed by atoms with E-state index in [1.807, 2.05) is 0 Å². The van der Waals surface area contributed by atoms with Crippen LogP contribution < -0.4 is 0 Å². The predicted octanol–water partition coefficient (Wildman–Crippen LogP) is 4.43. The Morgan fingerprint density at radius 1 is 1.35 bits per heavy atom. The second-order valence-corrected chi connectivity index (χ2v) is 5.74. The molecular weight excluding hydrogens is 276 g/mol. The van der Waals surface area contributed by atoms with E-state index in [0.717, 1.165) is 11.8 Å². The quantitative estimate of drug-likeness (QED) is 0.747. The van der Waals surface area contributed by atoms with Gasteiger partial charge in [-0.1, -0.05) is 40.2 Å². The lowest BCUT2D eigenvalue weighted by atomic mass is 9.91. The summed E-state index contributed by atoms with van der Waals surface area (Å²) in [6.45, 7) is 4.38. The number of alkyl halides is 1. The third-order valence-electron chi connectivity index (χ3n) is 3.68. The van der Waals surface area contributed by atoms with Crippen LogP contribution in [0.5, 0.6) is 0 Å².